The van der Waals surface area contributed by atoms with E-state index in [1.54, 1.807) is 12.4 Å². The minimum atomic E-state index is -0.599. The van der Waals surface area contributed by atoms with Gasteiger partial charge in [-0.15, -0.1) is 0 Å². The Morgan fingerprint density at radius 2 is 1.87 bits per heavy atom. The van der Waals surface area contributed by atoms with E-state index < -0.39 is 5.41 Å². The van der Waals surface area contributed by atoms with Gasteiger partial charge >= 0.3 is 0 Å². The number of benzene rings is 1. The highest BCUT2D eigenvalue weighted by Crippen LogP contribution is 2.36. The molecule has 1 aromatic heterocycles. The molecule has 1 aromatic carbocycles. The summed E-state index contributed by atoms with van der Waals surface area (Å²) in [6, 6.07) is 12.4. The molecule has 1 aliphatic heterocycles. The number of carbonyl (C=O) groups is 2. The fraction of sp³-hybridized carbons (Fsp3) is 0.500. The van der Waals surface area contributed by atoms with E-state index in [0.717, 1.165) is 36.1 Å². The standard InChI is InChI=1S/C26H35N3O2/c1-5-28-24(31)26(12-7-15-29(19-26)23(30)18-25(2,3)4)17-20-8-6-9-22(16-20)21-10-13-27-14-11-21/h6,8-11,13-14,16H,5,7,12,15,17-19H2,1-4H3,(H,28,31)/t26-/m1/s1. The lowest BCUT2D eigenvalue weighted by Gasteiger charge is -2.42. The predicted octanol–water partition coefficient (Wildman–Crippen LogP) is 4.47. The second-order valence-electron chi connectivity index (χ2n) is 9.91. The van der Waals surface area contributed by atoms with Gasteiger partial charge in [-0.25, -0.2) is 0 Å². The van der Waals surface area contributed by atoms with E-state index in [4.69, 9.17) is 0 Å². The second-order valence-corrected chi connectivity index (χ2v) is 9.91. The van der Waals surface area contributed by atoms with Gasteiger partial charge in [-0.1, -0.05) is 45.0 Å². The van der Waals surface area contributed by atoms with E-state index in [2.05, 4.69) is 49.3 Å². The van der Waals surface area contributed by atoms with Crippen LogP contribution in [0, 0.1) is 10.8 Å². The zero-order valence-corrected chi connectivity index (χ0v) is 19.3. The number of pyridine rings is 1. The number of rotatable bonds is 6. The van der Waals surface area contributed by atoms with E-state index in [0.29, 0.717) is 25.9 Å². The van der Waals surface area contributed by atoms with Crippen molar-refractivity contribution in [3.05, 3.63) is 54.4 Å². The Morgan fingerprint density at radius 3 is 2.55 bits per heavy atom. The number of piperidine rings is 1. The fourth-order valence-electron chi connectivity index (χ4n) is 4.46. The molecule has 1 atom stereocenters. The van der Waals surface area contributed by atoms with Crippen molar-refractivity contribution in [3.8, 4) is 11.1 Å². The number of carbonyl (C=O) groups excluding carboxylic acids is 2. The molecular weight excluding hydrogens is 386 g/mol. The number of hydrogen-bond donors (Lipinski definition) is 1. The summed E-state index contributed by atoms with van der Waals surface area (Å²) in [5, 5.41) is 3.05. The summed E-state index contributed by atoms with van der Waals surface area (Å²) in [7, 11) is 0. The van der Waals surface area contributed by atoms with Crippen molar-refractivity contribution < 1.29 is 9.59 Å². The second kappa shape index (κ2) is 9.63. The quantitative estimate of drug-likeness (QED) is 0.748. The summed E-state index contributed by atoms with van der Waals surface area (Å²) in [6.45, 7) is 9.98. The molecule has 0 radical (unpaired) electrons. The summed E-state index contributed by atoms with van der Waals surface area (Å²) in [6.07, 6.45) is 6.33. The number of nitrogens with zero attached hydrogens (tertiary/aromatic N) is 2. The smallest absolute Gasteiger partial charge is 0.228 e. The summed E-state index contributed by atoms with van der Waals surface area (Å²) < 4.78 is 0. The van der Waals surface area contributed by atoms with Crippen molar-refractivity contribution >= 4 is 11.8 Å². The lowest BCUT2D eigenvalue weighted by molar-refractivity contribution is -0.142. The van der Waals surface area contributed by atoms with Crippen LogP contribution in [-0.2, 0) is 16.0 Å². The Bertz CT molecular complexity index is 904. The summed E-state index contributed by atoms with van der Waals surface area (Å²) in [5.41, 5.74) is 2.67. The van der Waals surface area contributed by atoms with Gasteiger partial charge in [0.05, 0.1) is 5.41 Å². The molecule has 2 heterocycles. The first-order chi connectivity index (χ1) is 14.7. The normalized spacial score (nSPS) is 19.2. The molecule has 3 rings (SSSR count). The van der Waals surface area contributed by atoms with Crippen molar-refractivity contribution in [3.63, 3.8) is 0 Å². The van der Waals surface area contributed by atoms with Crippen LogP contribution in [0.5, 0.6) is 0 Å². The number of aromatic nitrogens is 1. The molecule has 0 unspecified atom stereocenters. The molecule has 5 nitrogen and oxygen atoms in total. The Morgan fingerprint density at radius 1 is 1.13 bits per heavy atom. The lowest BCUT2D eigenvalue weighted by Crippen LogP contribution is -2.54. The Hall–Kier alpha value is -2.69. The average molecular weight is 422 g/mol. The van der Waals surface area contributed by atoms with Crippen molar-refractivity contribution in [2.45, 2.75) is 53.4 Å². The molecule has 0 aliphatic carbocycles. The molecule has 5 heteroatoms. The minimum absolute atomic E-state index is 0.0533. The zero-order valence-electron chi connectivity index (χ0n) is 19.3. The maximum Gasteiger partial charge on any atom is 0.228 e. The minimum Gasteiger partial charge on any atom is -0.356 e. The fourth-order valence-corrected chi connectivity index (χ4v) is 4.46. The predicted molar refractivity (Wildman–Crippen MR) is 124 cm³/mol. The van der Waals surface area contributed by atoms with Crippen LogP contribution in [0.3, 0.4) is 0 Å². The number of likely N-dealkylation sites (tertiary alicyclic amines) is 1. The highest BCUT2D eigenvalue weighted by molar-refractivity contribution is 5.85. The maximum absolute atomic E-state index is 13.3. The van der Waals surface area contributed by atoms with Gasteiger partial charge in [0, 0.05) is 38.4 Å². The van der Waals surface area contributed by atoms with E-state index in [1.165, 1.54) is 0 Å². The van der Waals surface area contributed by atoms with Gasteiger partial charge in [0.2, 0.25) is 11.8 Å². The van der Waals surface area contributed by atoms with Gasteiger partial charge in [0.1, 0.15) is 0 Å². The maximum atomic E-state index is 13.3. The Labute approximate surface area is 186 Å². The van der Waals surface area contributed by atoms with Crippen molar-refractivity contribution in [1.82, 2.24) is 15.2 Å². The van der Waals surface area contributed by atoms with E-state index >= 15 is 0 Å². The van der Waals surface area contributed by atoms with Crippen LogP contribution < -0.4 is 5.32 Å². The molecular formula is C26H35N3O2. The van der Waals surface area contributed by atoms with Gasteiger partial charge in [-0.3, -0.25) is 14.6 Å². The van der Waals surface area contributed by atoms with Gasteiger partial charge in [-0.05, 0) is 60.4 Å². The third kappa shape index (κ3) is 5.93. The third-order valence-electron chi connectivity index (χ3n) is 5.91. The summed E-state index contributed by atoms with van der Waals surface area (Å²) in [4.78, 5) is 32.3. The largest absolute Gasteiger partial charge is 0.356 e. The van der Waals surface area contributed by atoms with Crippen LogP contribution in [0.1, 0.15) is 52.5 Å². The van der Waals surface area contributed by atoms with Gasteiger partial charge in [0.25, 0.3) is 0 Å². The summed E-state index contributed by atoms with van der Waals surface area (Å²) >= 11 is 0. The lowest BCUT2D eigenvalue weighted by atomic mass is 9.73. The van der Waals surface area contributed by atoms with Crippen LogP contribution in [0.15, 0.2) is 48.8 Å². The molecule has 31 heavy (non-hydrogen) atoms. The van der Waals surface area contributed by atoms with Crippen molar-refractivity contribution in [2.75, 3.05) is 19.6 Å². The van der Waals surface area contributed by atoms with Gasteiger partial charge in [0.15, 0.2) is 0 Å². The molecule has 1 fully saturated rings. The first-order valence-corrected chi connectivity index (χ1v) is 11.3. The molecule has 0 saturated carbocycles. The van der Waals surface area contributed by atoms with Crippen LogP contribution in [0.2, 0.25) is 0 Å². The van der Waals surface area contributed by atoms with Crippen LogP contribution in [-0.4, -0.2) is 41.3 Å². The molecule has 166 valence electrons. The van der Waals surface area contributed by atoms with Crippen molar-refractivity contribution in [2.24, 2.45) is 10.8 Å². The van der Waals surface area contributed by atoms with Gasteiger partial charge in [-0.2, -0.15) is 0 Å². The molecule has 2 amide bonds. The molecule has 1 N–H and O–H groups in total. The SMILES string of the molecule is CCNC(=O)[C@@]1(Cc2cccc(-c3ccncc3)c2)CCCN(C(=O)CC(C)(C)C)C1. The molecule has 1 aliphatic rings. The molecule has 2 aromatic rings. The Kier molecular flexibility index (Phi) is 7.14. The van der Waals surface area contributed by atoms with Crippen molar-refractivity contribution in [1.29, 1.82) is 0 Å². The third-order valence-corrected chi connectivity index (χ3v) is 5.91. The van der Waals surface area contributed by atoms with Crippen LogP contribution >= 0.6 is 0 Å². The number of amides is 2. The van der Waals surface area contributed by atoms with Crippen LogP contribution in [0.25, 0.3) is 11.1 Å². The first-order valence-electron chi connectivity index (χ1n) is 11.3. The van der Waals surface area contributed by atoms with E-state index in [9.17, 15) is 9.59 Å². The first kappa shape index (κ1) is 23.0. The average Bonchev–Trinajstić information content (AvgIpc) is 2.74. The molecule has 0 spiro atoms. The number of nitrogens with one attached hydrogen (secondary N) is 1. The number of hydrogen-bond acceptors (Lipinski definition) is 3. The highest BCUT2D eigenvalue weighted by atomic mass is 16.2. The monoisotopic (exact) mass is 421 g/mol. The van der Waals surface area contributed by atoms with Gasteiger partial charge < -0.3 is 10.2 Å². The topological polar surface area (TPSA) is 62.3 Å². The molecule has 1 saturated heterocycles. The summed E-state index contributed by atoms with van der Waals surface area (Å²) in [5.74, 6) is 0.198. The van der Waals surface area contributed by atoms with E-state index in [-0.39, 0.29) is 17.2 Å². The van der Waals surface area contributed by atoms with Crippen LogP contribution in [0.4, 0.5) is 0 Å². The Balaban J connectivity index is 1.87. The van der Waals surface area contributed by atoms with E-state index in [1.807, 2.05) is 30.0 Å². The zero-order chi connectivity index (χ0) is 22.5. The molecule has 0 bridgehead atoms. The highest BCUT2D eigenvalue weighted by Gasteiger charge is 2.43.